The summed E-state index contributed by atoms with van der Waals surface area (Å²) >= 11 is 0. The minimum atomic E-state index is -4.52. The molecule has 0 bridgehead atoms. The molecule has 2 heterocycles. The molecule has 3 aromatic rings. The molecular formula is C26H33F3N6O5. The van der Waals surface area contributed by atoms with Gasteiger partial charge in [-0.25, -0.2) is 4.79 Å². The van der Waals surface area contributed by atoms with Gasteiger partial charge in [0, 0.05) is 11.6 Å². The minimum absolute atomic E-state index is 0.103. The number of halogens is 3. The van der Waals surface area contributed by atoms with Gasteiger partial charge in [0.2, 0.25) is 11.8 Å². The molecule has 40 heavy (non-hydrogen) atoms. The highest BCUT2D eigenvalue weighted by atomic mass is 19.4. The van der Waals surface area contributed by atoms with E-state index in [2.05, 4.69) is 25.7 Å². The minimum Gasteiger partial charge on any atom is -0.465 e. The zero-order chi connectivity index (χ0) is 29.7. The van der Waals surface area contributed by atoms with E-state index in [4.69, 9.17) is 4.42 Å². The average Bonchev–Trinajstić information content (AvgIpc) is 3.60. The molecule has 4 N–H and O–H groups in total. The number of nitrogens with one attached hydrogen (secondary N) is 2. The van der Waals surface area contributed by atoms with Crippen LogP contribution in [0.3, 0.4) is 0 Å². The molecule has 0 aliphatic rings. The Kier molecular flexibility index (Phi) is 9.56. The number of amides is 2. The van der Waals surface area contributed by atoms with Crippen molar-refractivity contribution in [1.82, 2.24) is 25.3 Å². The van der Waals surface area contributed by atoms with Crippen LogP contribution >= 0.6 is 0 Å². The Morgan fingerprint density at radius 3 is 2.33 bits per heavy atom. The molecule has 0 saturated carbocycles. The second-order valence-corrected chi connectivity index (χ2v) is 10.1. The number of unbranched alkanes of at least 4 members (excludes halogenated alkanes) is 1. The highest BCUT2D eigenvalue weighted by molar-refractivity contribution is 5.94. The van der Waals surface area contributed by atoms with Crippen LogP contribution in [0.4, 0.5) is 23.8 Å². The van der Waals surface area contributed by atoms with Crippen LogP contribution in [0.2, 0.25) is 0 Å². The van der Waals surface area contributed by atoms with Gasteiger partial charge in [0.1, 0.15) is 11.9 Å². The number of rotatable bonds is 12. The fraction of sp³-hybridized carbons (Fsp3) is 0.500. The van der Waals surface area contributed by atoms with Gasteiger partial charge in [-0.15, -0.1) is 10.2 Å². The normalized spacial score (nSPS) is 14.4. The number of alkyl halides is 3. The summed E-state index contributed by atoms with van der Waals surface area (Å²) in [4.78, 5) is 26.7. The number of carbonyl (C=O) groups excluding carboxylic acids is 1. The summed E-state index contributed by atoms with van der Waals surface area (Å²) in [6.45, 7) is 7.29. The van der Waals surface area contributed by atoms with Crippen LogP contribution in [-0.4, -0.2) is 59.7 Å². The molecule has 1 aromatic carbocycles. The van der Waals surface area contributed by atoms with Crippen molar-refractivity contribution < 1.29 is 37.4 Å². The SMILES string of the molecule is CCCC[C@@H]([C@H](O)C(=O)Nc1ccn[nH]1)N(C(=O)O)[C@@H](c1nnc(-c2ccc(C(F)(F)F)cc2)o1)C(C)(C)CC. The number of aromatic amines is 1. The molecule has 218 valence electrons. The third kappa shape index (κ3) is 6.97. The average molecular weight is 567 g/mol. The molecule has 14 heteroatoms. The van der Waals surface area contributed by atoms with Gasteiger partial charge in [-0.1, -0.05) is 40.5 Å². The van der Waals surface area contributed by atoms with E-state index in [1.54, 1.807) is 13.8 Å². The Balaban J connectivity index is 2.03. The van der Waals surface area contributed by atoms with E-state index in [-0.39, 0.29) is 29.6 Å². The second kappa shape index (κ2) is 12.5. The van der Waals surface area contributed by atoms with E-state index >= 15 is 0 Å². The first-order valence-electron chi connectivity index (χ1n) is 12.8. The van der Waals surface area contributed by atoms with Gasteiger partial charge in [-0.05, 0) is 42.5 Å². The van der Waals surface area contributed by atoms with Gasteiger partial charge in [0.05, 0.1) is 17.8 Å². The molecule has 2 aromatic heterocycles. The monoisotopic (exact) mass is 566 g/mol. The van der Waals surface area contributed by atoms with Crippen molar-refractivity contribution in [2.24, 2.45) is 5.41 Å². The fourth-order valence-corrected chi connectivity index (χ4v) is 4.30. The van der Waals surface area contributed by atoms with Crippen molar-refractivity contribution in [1.29, 1.82) is 0 Å². The van der Waals surface area contributed by atoms with Crippen molar-refractivity contribution in [2.75, 3.05) is 5.32 Å². The van der Waals surface area contributed by atoms with Crippen molar-refractivity contribution in [2.45, 2.75) is 77.7 Å². The van der Waals surface area contributed by atoms with Gasteiger partial charge < -0.3 is 19.9 Å². The lowest BCUT2D eigenvalue weighted by atomic mass is 9.79. The molecule has 3 atom stereocenters. The number of aromatic nitrogens is 4. The number of carbonyl (C=O) groups is 2. The number of aliphatic hydroxyl groups is 1. The van der Waals surface area contributed by atoms with E-state index < -0.39 is 47.3 Å². The van der Waals surface area contributed by atoms with Crippen molar-refractivity contribution in [3.05, 3.63) is 48.0 Å². The number of hydrogen-bond acceptors (Lipinski definition) is 7. The highest BCUT2D eigenvalue weighted by Gasteiger charge is 2.46. The smallest absolute Gasteiger partial charge is 0.416 e. The third-order valence-electron chi connectivity index (χ3n) is 6.89. The molecule has 2 amide bonds. The summed E-state index contributed by atoms with van der Waals surface area (Å²) in [5, 5.41) is 38.4. The van der Waals surface area contributed by atoms with Gasteiger partial charge in [-0.3, -0.25) is 14.8 Å². The largest absolute Gasteiger partial charge is 0.465 e. The first-order chi connectivity index (χ1) is 18.8. The third-order valence-corrected chi connectivity index (χ3v) is 6.89. The zero-order valence-electron chi connectivity index (χ0n) is 22.6. The Morgan fingerprint density at radius 1 is 1.12 bits per heavy atom. The summed E-state index contributed by atoms with van der Waals surface area (Å²) in [5.74, 6) is -0.829. The van der Waals surface area contributed by atoms with Crippen molar-refractivity contribution in [3.63, 3.8) is 0 Å². The van der Waals surface area contributed by atoms with Crippen molar-refractivity contribution in [3.8, 4) is 11.5 Å². The standard InChI is InChI=1S/C26H33F3N6O5/c1-5-7-8-17(19(36)21(37)31-18-13-14-30-32-18)35(24(38)39)20(25(3,4)6-2)23-34-33-22(40-23)15-9-11-16(12-10-15)26(27,28)29/h9-14,17,19-20,36H,5-8H2,1-4H3,(H,38,39)(H2,30,31,32,37)/t17-,19-,20-/m0/s1. The summed E-state index contributed by atoms with van der Waals surface area (Å²) < 4.78 is 44.8. The molecule has 0 aliphatic heterocycles. The number of aliphatic hydroxyl groups excluding tert-OH is 1. The number of benzene rings is 1. The van der Waals surface area contributed by atoms with Gasteiger partial charge >= 0.3 is 12.3 Å². The fourth-order valence-electron chi connectivity index (χ4n) is 4.30. The van der Waals surface area contributed by atoms with Crippen LogP contribution < -0.4 is 5.32 Å². The number of anilines is 1. The number of nitrogens with zero attached hydrogens (tertiary/aromatic N) is 4. The van der Waals surface area contributed by atoms with Crippen LogP contribution in [-0.2, 0) is 11.0 Å². The lowest BCUT2D eigenvalue weighted by molar-refractivity contribution is -0.137. The predicted molar refractivity (Wildman–Crippen MR) is 138 cm³/mol. The maximum Gasteiger partial charge on any atom is 0.416 e. The van der Waals surface area contributed by atoms with E-state index in [1.165, 1.54) is 24.4 Å². The molecular weight excluding hydrogens is 533 g/mol. The van der Waals surface area contributed by atoms with Gasteiger partial charge in [0.15, 0.2) is 6.10 Å². The number of H-pyrrole nitrogens is 1. The maximum absolute atomic E-state index is 13.0. The van der Waals surface area contributed by atoms with E-state index in [9.17, 15) is 33.0 Å². The second-order valence-electron chi connectivity index (χ2n) is 10.1. The van der Waals surface area contributed by atoms with Crippen LogP contribution in [0, 0.1) is 5.41 Å². The van der Waals surface area contributed by atoms with Crippen LogP contribution in [0.15, 0.2) is 40.9 Å². The Labute approximate surface area is 228 Å². The molecule has 3 rings (SSSR count). The molecule has 0 aliphatic carbocycles. The first-order valence-corrected chi connectivity index (χ1v) is 12.8. The number of carboxylic acid groups (broad SMARTS) is 1. The Hall–Kier alpha value is -3.94. The molecule has 0 fully saturated rings. The molecule has 0 spiro atoms. The number of hydrogen-bond donors (Lipinski definition) is 4. The van der Waals surface area contributed by atoms with Crippen LogP contribution in [0.1, 0.15) is 70.9 Å². The van der Waals surface area contributed by atoms with Gasteiger partial charge in [-0.2, -0.15) is 18.3 Å². The van der Waals surface area contributed by atoms with Crippen LogP contribution in [0.25, 0.3) is 11.5 Å². The lowest BCUT2D eigenvalue weighted by Crippen LogP contribution is -2.55. The van der Waals surface area contributed by atoms with Gasteiger partial charge in [0.25, 0.3) is 5.91 Å². The quantitative estimate of drug-likeness (QED) is 0.224. The topological polar surface area (TPSA) is 157 Å². The van der Waals surface area contributed by atoms with Crippen LogP contribution in [0.5, 0.6) is 0 Å². The summed E-state index contributed by atoms with van der Waals surface area (Å²) in [6, 6.07) is 3.30. The van der Waals surface area contributed by atoms with E-state index in [0.29, 0.717) is 19.3 Å². The highest BCUT2D eigenvalue weighted by Crippen LogP contribution is 2.43. The molecule has 0 saturated heterocycles. The predicted octanol–water partition coefficient (Wildman–Crippen LogP) is 5.49. The summed E-state index contributed by atoms with van der Waals surface area (Å²) in [6.07, 6.45) is -4.54. The molecule has 0 radical (unpaired) electrons. The summed E-state index contributed by atoms with van der Waals surface area (Å²) in [5.41, 5.74) is -1.46. The Morgan fingerprint density at radius 2 is 1.80 bits per heavy atom. The maximum atomic E-state index is 13.0. The van der Waals surface area contributed by atoms with E-state index in [0.717, 1.165) is 17.0 Å². The van der Waals surface area contributed by atoms with Crippen molar-refractivity contribution >= 4 is 17.8 Å². The molecule has 11 nitrogen and oxygen atoms in total. The zero-order valence-corrected chi connectivity index (χ0v) is 22.6. The lowest BCUT2D eigenvalue weighted by Gasteiger charge is -2.43. The summed E-state index contributed by atoms with van der Waals surface area (Å²) in [7, 11) is 0. The molecule has 0 unspecified atom stereocenters. The Bertz CT molecular complexity index is 1260. The van der Waals surface area contributed by atoms with E-state index in [1.807, 2.05) is 13.8 Å². The first kappa shape index (κ1) is 30.6.